The maximum Gasteiger partial charge on any atom is 0.244 e. The fourth-order valence-electron chi connectivity index (χ4n) is 4.55. The molecule has 152 valence electrons. The molecular formula is C20H35N5O2. The van der Waals surface area contributed by atoms with Crippen molar-refractivity contribution in [2.75, 3.05) is 59.5 Å². The minimum Gasteiger partial charge on any atom is -0.396 e. The van der Waals surface area contributed by atoms with Gasteiger partial charge in [0.25, 0.3) is 0 Å². The lowest BCUT2D eigenvalue weighted by atomic mass is 9.96. The lowest BCUT2D eigenvalue weighted by molar-refractivity contribution is -0.131. The minimum atomic E-state index is 0.114. The van der Waals surface area contributed by atoms with Gasteiger partial charge < -0.3 is 19.8 Å². The summed E-state index contributed by atoms with van der Waals surface area (Å²) in [5.74, 6) is 0.650. The second kappa shape index (κ2) is 8.71. The summed E-state index contributed by atoms with van der Waals surface area (Å²) < 4.78 is 1.85. The second-order valence-electron chi connectivity index (χ2n) is 8.27. The Hall–Kier alpha value is -1.44. The van der Waals surface area contributed by atoms with Gasteiger partial charge in [-0.25, -0.2) is 0 Å². The lowest BCUT2D eigenvalue weighted by Gasteiger charge is -2.34. The van der Waals surface area contributed by atoms with Gasteiger partial charge in [-0.05, 0) is 38.8 Å². The average molecular weight is 378 g/mol. The fraction of sp³-hybridized carbons (Fsp3) is 0.800. The van der Waals surface area contributed by atoms with Crippen molar-refractivity contribution in [2.24, 2.45) is 11.8 Å². The molecule has 0 spiro atoms. The normalized spacial score (nSPS) is 24.7. The molecule has 1 aromatic heterocycles. The van der Waals surface area contributed by atoms with Crippen LogP contribution in [0.4, 0.5) is 0 Å². The van der Waals surface area contributed by atoms with Crippen LogP contribution in [0.25, 0.3) is 0 Å². The summed E-state index contributed by atoms with van der Waals surface area (Å²) in [6.45, 7) is 13.3. The van der Waals surface area contributed by atoms with Crippen LogP contribution in [0.1, 0.15) is 23.9 Å². The van der Waals surface area contributed by atoms with Gasteiger partial charge in [-0.3, -0.25) is 9.48 Å². The molecule has 7 nitrogen and oxygen atoms in total. The summed E-state index contributed by atoms with van der Waals surface area (Å²) in [7, 11) is 2.16. The van der Waals surface area contributed by atoms with Crippen LogP contribution in [0.5, 0.6) is 0 Å². The van der Waals surface area contributed by atoms with E-state index in [1.54, 1.807) is 0 Å². The van der Waals surface area contributed by atoms with Gasteiger partial charge >= 0.3 is 0 Å². The predicted molar refractivity (Wildman–Crippen MR) is 106 cm³/mol. The number of aromatic nitrogens is 2. The number of nitrogens with zero attached hydrogens (tertiary/aromatic N) is 5. The van der Waals surface area contributed by atoms with Crippen molar-refractivity contribution >= 4 is 5.91 Å². The van der Waals surface area contributed by atoms with Gasteiger partial charge in [0.1, 0.15) is 6.54 Å². The molecule has 1 aromatic rings. The third kappa shape index (κ3) is 4.52. The number of hydrogen-bond acceptors (Lipinski definition) is 5. The topological polar surface area (TPSA) is 64.8 Å². The number of aliphatic hydroxyl groups is 1. The molecule has 27 heavy (non-hydrogen) atoms. The van der Waals surface area contributed by atoms with E-state index in [9.17, 15) is 9.90 Å². The Kier molecular flexibility index (Phi) is 6.55. The van der Waals surface area contributed by atoms with Crippen molar-refractivity contribution in [3.05, 3.63) is 17.0 Å². The van der Waals surface area contributed by atoms with Gasteiger partial charge in [-0.1, -0.05) is 6.92 Å². The Labute approximate surface area is 162 Å². The van der Waals surface area contributed by atoms with Crippen molar-refractivity contribution in [2.45, 2.75) is 33.7 Å². The summed E-state index contributed by atoms with van der Waals surface area (Å²) >= 11 is 0. The van der Waals surface area contributed by atoms with E-state index >= 15 is 0 Å². The van der Waals surface area contributed by atoms with E-state index in [1.807, 2.05) is 23.4 Å². The molecule has 0 radical (unpaired) electrons. The zero-order valence-electron chi connectivity index (χ0n) is 17.3. The average Bonchev–Trinajstić information content (AvgIpc) is 3.17. The Bertz CT molecular complexity index is 651. The molecule has 7 heteroatoms. The molecule has 0 aliphatic carbocycles. The summed E-state index contributed by atoms with van der Waals surface area (Å²) in [6, 6.07) is 0. The zero-order valence-corrected chi connectivity index (χ0v) is 17.3. The molecule has 3 heterocycles. The molecule has 0 bridgehead atoms. The number of rotatable bonds is 6. The van der Waals surface area contributed by atoms with Gasteiger partial charge in [0, 0.05) is 64.0 Å². The Morgan fingerprint density at radius 3 is 2.41 bits per heavy atom. The van der Waals surface area contributed by atoms with E-state index < -0.39 is 0 Å². The van der Waals surface area contributed by atoms with Crippen molar-refractivity contribution in [1.29, 1.82) is 0 Å². The lowest BCUT2D eigenvalue weighted by Crippen LogP contribution is -2.47. The number of hydrogen-bond donors (Lipinski definition) is 1. The molecule has 1 amide bonds. The van der Waals surface area contributed by atoms with Gasteiger partial charge in [-0.15, -0.1) is 0 Å². The number of carbonyl (C=O) groups is 1. The van der Waals surface area contributed by atoms with E-state index in [4.69, 9.17) is 0 Å². The van der Waals surface area contributed by atoms with E-state index in [0.29, 0.717) is 19.0 Å². The van der Waals surface area contributed by atoms with Crippen LogP contribution in [0, 0.1) is 25.7 Å². The van der Waals surface area contributed by atoms with E-state index in [-0.39, 0.29) is 18.4 Å². The summed E-state index contributed by atoms with van der Waals surface area (Å²) in [5.41, 5.74) is 3.35. The number of likely N-dealkylation sites (tertiary alicyclic amines) is 1. The van der Waals surface area contributed by atoms with Gasteiger partial charge in [-0.2, -0.15) is 5.10 Å². The van der Waals surface area contributed by atoms with Crippen LogP contribution in [0.2, 0.25) is 0 Å². The minimum absolute atomic E-state index is 0.114. The zero-order chi connectivity index (χ0) is 19.6. The molecule has 0 saturated carbocycles. The predicted octanol–water partition coefficient (Wildman–Crippen LogP) is 0.377. The van der Waals surface area contributed by atoms with E-state index in [2.05, 4.69) is 28.9 Å². The number of carbonyl (C=O) groups excluding carboxylic acids is 1. The molecular weight excluding hydrogens is 342 g/mol. The Balaban J connectivity index is 1.59. The smallest absolute Gasteiger partial charge is 0.244 e. The maximum atomic E-state index is 12.9. The molecule has 2 atom stereocenters. The SMILES string of the molecule is CCc1c(C)nn(CC(=O)N2CC(CO)C(CN3CCN(C)CC3)C2)c1C. The largest absolute Gasteiger partial charge is 0.396 e. The van der Waals surface area contributed by atoms with Gasteiger partial charge in [0.05, 0.1) is 5.69 Å². The van der Waals surface area contributed by atoms with Crippen LogP contribution in [-0.4, -0.2) is 95.0 Å². The highest BCUT2D eigenvalue weighted by Crippen LogP contribution is 2.25. The Morgan fingerprint density at radius 2 is 1.81 bits per heavy atom. The second-order valence-corrected chi connectivity index (χ2v) is 8.27. The summed E-state index contributed by atoms with van der Waals surface area (Å²) in [5, 5.41) is 14.4. The molecule has 2 unspecified atom stereocenters. The van der Waals surface area contributed by atoms with E-state index in [1.165, 1.54) is 5.56 Å². The molecule has 2 aliphatic heterocycles. The molecule has 3 rings (SSSR count). The van der Waals surface area contributed by atoms with Gasteiger partial charge in [0.15, 0.2) is 0 Å². The maximum absolute atomic E-state index is 12.9. The number of aryl methyl sites for hydroxylation is 1. The third-order valence-electron chi connectivity index (χ3n) is 6.42. The highest BCUT2D eigenvalue weighted by Gasteiger charge is 2.36. The number of amides is 1. The third-order valence-corrected chi connectivity index (χ3v) is 6.42. The number of likely N-dealkylation sites (N-methyl/N-ethyl adjacent to an activating group) is 1. The number of piperazine rings is 1. The first-order valence-corrected chi connectivity index (χ1v) is 10.2. The quantitative estimate of drug-likeness (QED) is 0.776. The molecule has 2 fully saturated rings. The van der Waals surface area contributed by atoms with Crippen LogP contribution in [0.15, 0.2) is 0 Å². The van der Waals surface area contributed by atoms with Crippen LogP contribution < -0.4 is 0 Å². The number of aliphatic hydroxyl groups excluding tert-OH is 1. The first-order valence-electron chi connectivity index (χ1n) is 10.2. The van der Waals surface area contributed by atoms with Crippen molar-refractivity contribution in [3.63, 3.8) is 0 Å². The first-order chi connectivity index (χ1) is 12.9. The fourth-order valence-corrected chi connectivity index (χ4v) is 4.55. The molecule has 2 saturated heterocycles. The van der Waals surface area contributed by atoms with Crippen LogP contribution >= 0.6 is 0 Å². The van der Waals surface area contributed by atoms with Crippen molar-refractivity contribution in [1.82, 2.24) is 24.5 Å². The monoisotopic (exact) mass is 377 g/mol. The first kappa shape index (κ1) is 20.3. The van der Waals surface area contributed by atoms with Crippen molar-refractivity contribution < 1.29 is 9.90 Å². The van der Waals surface area contributed by atoms with Crippen LogP contribution in [-0.2, 0) is 17.8 Å². The van der Waals surface area contributed by atoms with E-state index in [0.717, 1.165) is 57.1 Å². The van der Waals surface area contributed by atoms with Gasteiger partial charge in [0.2, 0.25) is 5.91 Å². The van der Waals surface area contributed by atoms with Crippen molar-refractivity contribution in [3.8, 4) is 0 Å². The summed E-state index contributed by atoms with van der Waals surface area (Å²) in [4.78, 5) is 19.6. The summed E-state index contributed by atoms with van der Waals surface area (Å²) in [6.07, 6.45) is 0.940. The van der Waals surface area contributed by atoms with Crippen LogP contribution in [0.3, 0.4) is 0 Å². The standard InChI is InChI=1S/C20H35N5O2/c1-5-19-15(2)21-25(16(19)3)13-20(27)24-11-17(18(12-24)14-26)10-23-8-6-22(4)7-9-23/h17-18,26H,5-14H2,1-4H3. The highest BCUT2D eigenvalue weighted by atomic mass is 16.3. The Morgan fingerprint density at radius 1 is 1.15 bits per heavy atom. The highest BCUT2D eigenvalue weighted by molar-refractivity contribution is 5.76. The molecule has 0 aromatic carbocycles. The molecule has 1 N–H and O–H groups in total. The molecule has 2 aliphatic rings.